The van der Waals surface area contributed by atoms with Gasteiger partial charge in [0.25, 0.3) is 0 Å². The molecule has 0 spiro atoms. The van der Waals surface area contributed by atoms with Crippen LogP contribution in [0.25, 0.3) is 0 Å². The number of piperidine rings is 1. The molecule has 1 fully saturated rings. The first-order chi connectivity index (χ1) is 6.45. The number of hydrogen-bond donors (Lipinski definition) is 1. The summed E-state index contributed by atoms with van der Waals surface area (Å²) in [7, 11) is 0. The molecule has 0 aromatic rings. The molecule has 1 saturated heterocycles. The molecule has 68 valence electrons. The average molecular weight is 174 g/mol. The number of rotatable bonds is 0. The van der Waals surface area contributed by atoms with Gasteiger partial charge in [-0.25, -0.2) is 0 Å². The van der Waals surface area contributed by atoms with Crippen molar-refractivity contribution in [1.29, 1.82) is 0 Å². The van der Waals surface area contributed by atoms with E-state index in [1.54, 1.807) is 0 Å². The topological polar surface area (TPSA) is 24.4 Å². The van der Waals surface area contributed by atoms with Gasteiger partial charge in [-0.1, -0.05) is 12.2 Å². The van der Waals surface area contributed by atoms with Crippen molar-refractivity contribution in [1.82, 2.24) is 5.32 Å². The van der Waals surface area contributed by atoms with Crippen LogP contribution in [0.3, 0.4) is 0 Å². The Labute approximate surface area is 78.4 Å². The van der Waals surface area contributed by atoms with Crippen LogP contribution in [0.1, 0.15) is 6.42 Å². The van der Waals surface area contributed by atoms with Gasteiger partial charge in [-0.3, -0.25) is 4.99 Å². The molecule has 1 aliphatic carbocycles. The van der Waals surface area contributed by atoms with Crippen LogP contribution in [0.4, 0.5) is 0 Å². The van der Waals surface area contributed by atoms with E-state index in [2.05, 4.69) is 34.8 Å². The molecular weight excluding hydrogens is 160 g/mol. The Hall–Kier alpha value is -1.05. The van der Waals surface area contributed by atoms with Crippen molar-refractivity contribution < 1.29 is 0 Å². The van der Waals surface area contributed by atoms with E-state index in [0.29, 0.717) is 11.8 Å². The summed E-state index contributed by atoms with van der Waals surface area (Å²) < 4.78 is 0. The Morgan fingerprint density at radius 3 is 3.46 bits per heavy atom. The van der Waals surface area contributed by atoms with Crippen molar-refractivity contribution >= 4 is 6.21 Å². The molecule has 0 bridgehead atoms. The highest BCUT2D eigenvalue weighted by Gasteiger charge is 2.37. The predicted octanol–water partition coefficient (Wildman–Crippen LogP) is 1.37. The molecule has 2 aliphatic heterocycles. The number of nitrogens with zero attached hydrogens (tertiary/aromatic N) is 1. The largest absolute Gasteiger partial charge is 0.387 e. The summed E-state index contributed by atoms with van der Waals surface area (Å²) in [6.45, 7) is 2.13. The molecule has 0 amide bonds. The zero-order chi connectivity index (χ0) is 8.67. The smallest absolute Gasteiger partial charge is 0.0427 e. The van der Waals surface area contributed by atoms with Gasteiger partial charge in [-0.05, 0) is 18.4 Å². The lowest BCUT2D eigenvalue weighted by atomic mass is 9.75. The Morgan fingerprint density at radius 1 is 1.46 bits per heavy atom. The van der Waals surface area contributed by atoms with E-state index >= 15 is 0 Å². The van der Waals surface area contributed by atoms with Crippen molar-refractivity contribution in [2.75, 3.05) is 13.1 Å². The fourth-order valence-corrected chi connectivity index (χ4v) is 2.67. The van der Waals surface area contributed by atoms with Crippen molar-refractivity contribution in [3.63, 3.8) is 0 Å². The summed E-state index contributed by atoms with van der Waals surface area (Å²) in [6.07, 6.45) is 10.0. The van der Waals surface area contributed by atoms with Crippen LogP contribution in [0, 0.1) is 17.8 Å². The Balaban J connectivity index is 1.90. The first-order valence-corrected chi connectivity index (χ1v) is 5.05. The quantitative estimate of drug-likeness (QED) is 0.589. The molecule has 0 saturated carbocycles. The minimum Gasteiger partial charge on any atom is -0.387 e. The first-order valence-electron chi connectivity index (χ1n) is 5.05. The Morgan fingerprint density at radius 2 is 2.46 bits per heavy atom. The van der Waals surface area contributed by atoms with E-state index < -0.39 is 0 Å². The number of allylic oxidation sites excluding steroid dienone is 4. The summed E-state index contributed by atoms with van der Waals surface area (Å²) in [4.78, 5) is 4.40. The molecule has 0 aromatic heterocycles. The van der Waals surface area contributed by atoms with Crippen LogP contribution >= 0.6 is 0 Å². The highest BCUT2D eigenvalue weighted by Crippen LogP contribution is 2.36. The average Bonchev–Trinajstić information content (AvgIpc) is 2.65. The summed E-state index contributed by atoms with van der Waals surface area (Å²) in [5.41, 5.74) is 1.44. The molecule has 3 atom stereocenters. The molecule has 2 heterocycles. The van der Waals surface area contributed by atoms with Crippen LogP contribution in [-0.2, 0) is 0 Å². The second kappa shape index (κ2) is 2.72. The summed E-state index contributed by atoms with van der Waals surface area (Å²) >= 11 is 0. The zero-order valence-electron chi connectivity index (χ0n) is 7.61. The minimum absolute atomic E-state index is 0.689. The number of hydrogen-bond acceptors (Lipinski definition) is 2. The third kappa shape index (κ3) is 1.05. The summed E-state index contributed by atoms with van der Waals surface area (Å²) in [6, 6.07) is 0. The third-order valence-corrected chi connectivity index (χ3v) is 3.42. The van der Waals surface area contributed by atoms with Gasteiger partial charge >= 0.3 is 0 Å². The maximum atomic E-state index is 4.40. The SMILES string of the molecule is C1=CCC2C(=C1)NCC1C=NCC12. The van der Waals surface area contributed by atoms with Crippen molar-refractivity contribution in [2.24, 2.45) is 22.7 Å². The van der Waals surface area contributed by atoms with Gasteiger partial charge in [-0.15, -0.1) is 0 Å². The molecule has 3 rings (SSSR count). The number of nitrogens with one attached hydrogen (secondary N) is 1. The van der Waals surface area contributed by atoms with Crippen molar-refractivity contribution in [3.8, 4) is 0 Å². The lowest BCUT2D eigenvalue weighted by Gasteiger charge is -2.36. The van der Waals surface area contributed by atoms with E-state index in [-0.39, 0.29) is 0 Å². The van der Waals surface area contributed by atoms with Gasteiger partial charge in [0.15, 0.2) is 0 Å². The number of fused-ring (bicyclic) bond motifs is 3. The molecule has 1 N–H and O–H groups in total. The third-order valence-electron chi connectivity index (χ3n) is 3.42. The number of aliphatic imine (C=N–C) groups is 1. The van der Waals surface area contributed by atoms with E-state index in [1.165, 1.54) is 12.1 Å². The zero-order valence-corrected chi connectivity index (χ0v) is 7.61. The second-order valence-electron chi connectivity index (χ2n) is 4.12. The monoisotopic (exact) mass is 174 g/mol. The second-order valence-corrected chi connectivity index (χ2v) is 4.12. The van der Waals surface area contributed by atoms with Crippen molar-refractivity contribution in [2.45, 2.75) is 6.42 Å². The highest BCUT2D eigenvalue weighted by atomic mass is 14.9. The molecule has 3 unspecified atom stereocenters. The van der Waals surface area contributed by atoms with Crippen LogP contribution in [0.2, 0.25) is 0 Å². The van der Waals surface area contributed by atoms with E-state index in [0.717, 1.165) is 19.0 Å². The summed E-state index contributed by atoms with van der Waals surface area (Å²) in [5.74, 6) is 2.18. The van der Waals surface area contributed by atoms with Crippen LogP contribution in [0.5, 0.6) is 0 Å². The fourth-order valence-electron chi connectivity index (χ4n) is 2.67. The molecule has 2 heteroatoms. The molecule has 13 heavy (non-hydrogen) atoms. The molecule has 0 radical (unpaired) electrons. The van der Waals surface area contributed by atoms with E-state index in [9.17, 15) is 0 Å². The summed E-state index contributed by atoms with van der Waals surface area (Å²) in [5, 5.41) is 3.51. The fraction of sp³-hybridized carbons (Fsp3) is 0.545. The van der Waals surface area contributed by atoms with Gasteiger partial charge in [0, 0.05) is 36.8 Å². The van der Waals surface area contributed by atoms with Crippen molar-refractivity contribution in [3.05, 3.63) is 23.9 Å². The lowest BCUT2D eigenvalue weighted by Crippen LogP contribution is -2.41. The molecule has 0 aromatic carbocycles. The van der Waals surface area contributed by atoms with Crippen LogP contribution in [0.15, 0.2) is 28.9 Å². The van der Waals surface area contributed by atoms with Gasteiger partial charge in [0.05, 0.1) is 0 Å². The molecule has 2 nitrogen and oxygen atoms in total. The predicted molar refractivity (Wildman–Crippen MR) is 53.7 cm³/mol. The highest BCUT2D eigenvalue weighted by molar-refractivity contribution is 5.64. The van der Waals surface area contributed by atoms with Crippen LogP contribution < -0.4 is 5.32 Å². The molecular formula is C11H14N2. The van der Waals surface area contributed by atoms with E-state index in [4.69, 9.17) is 0 Å². The Kier molecular flexibility index (Phi) is 1.54. The van der Waals surface area contributed by atoms with Crippen LogP contribution in [-0.4, -0.2) is 19.3 Å². The minimum atomic E-state index is 0.689. The first kappa shape index (κ1) is 7.36. The Bertz CT molecular complexity index is 301. The lowest BCUT2D eigenvalue weighted by molar-refractivity contribution is 0.281. The maximum Gasteiger partial charge on any atom is 0.0427 e. The van der Waals surface area contributed by atoms with Gasteiger partial charge in [0.2, 0.25) is 0 Å². The maximum absolute atomic E-state index is 4.40. The van der Waals surface area contributed by atoms with Gasteiger partial charge in [0.1, 0.15) is 0 Å². The molecule has 3 aliphatic rings. The van der Waals surface area contributed by atoms with E-state index in [1.807, 2.05) is 0 Å². The standard InChI is InChI=1S/C11H14N2/c1-2-4-11-9(3-1)10-7-12-5-8(10)6-13-11/h1-2,4-5,8-10,13H,3,6-7H2. The van der Waals surface area contributed by atoms with Gasteiger partial charge < -0.3 is 5.32 Å². The normalized spacial score (nSPS) is 40.6. The van der Waals surface area contributed by atoms with Gasteiger partial charge in [-0.2, -0.15) is 0 Å².